The molecule has 1 atom stereocenters. The van der Waals surface area contributed by atoms with Gasteiger partial charge in [0.1, 0.15) is 5.75 Å². The summed E-state index contributed by atoms with van der Waals surface area (Å²) in [7, 11) is 3.92. The van der Waals surface area contributed by atoms with Crippen LogP contribution in [0.15, 0.2) is 24.3 Å². The summed E-state index contributed by atoms with van der Waals surface area (Å²) in [5.41, 5.74) is 0. The predicted molar refractivity (Wildman–Crippen MR) is 73.1 cm³/mol. The van der Waals surface area contributed by atoms with E-state index in [1.165, 1.54) is 0 Å². The number of ether oxygens (including phenoxy) is 1. The highest BCUT2D eigenvalue weighted by molar-refractivity contribution is 6.30. The van der Waals surface area contributed by atoms with E-state index < -0.39 is 6.10 Å². The van der Waals surface area contributed by atoms with Crippen LogP contribution in [-0.4, -0.2) is 44.1 Å². The van der Waals surface area contributed by atoms with Crippen LogP contribution in [0.4, 0.5) is 0 Å². The first kappa shape index (κ1) is 14.8. The summed E-state index contributed by atoms with van der Waals surface area (Å²) in [6, 6.07) is 6.94. The van der Waals surface area contributed by atoms with Gasteiger partial charge in [-0.25, -0.2) is 0 Å². The van der Waals surface area contributed by atoms with E-state index in [-0.39, 0.29) is 5.91 Å². The lowest BCUT2D eigenvalue weighted by atomic mass is 10.3. The number of halogens is 1. The number of amides is 1. The fourth-order valence-corrected chi connectivity index (χ4v) is 1.44. The Morgan fingerprint density at radius 1 is 1.39 bits per heavy atom. The highest BCUT2D eigenvalue weighted by Crippen LogP contribution is 2.16. The number of hydrogen-bond acceptors (Lipinski definition) is 3. The van der Waals surface area contributed by atoms with Gasteiger partial charge >= 0.3 is 0 Å². The maximum Gasteiger partial charge on any atom is 0.260 e. The Hall–Kier alpha value is -1.26. The quantitative estimate of drug-likeness (QED) is 0.857. The topological polar surface area (TPSA) is 41.6 Å². The molecule has 0 aliphatic carbocycles. The third-order valence-electron chi connectivity index (χ3n) is 2.35. The summed E-state index contributed by atoms with van der Waals surface area (Å²) in [5, 5.41) is 3.46. The molecule has 0 spiro atoms. The SMILES string of the molecule is C[C@@H](Oc1ccc(Cl)cc1)C(=O)NCCN(C)C. The van der Waals surface area contributed by atoms with Crippen molar-refractivity contribution in [2.24, 2.45) is 0 Å². The minimum Gasteiger partial charge on any atom is -0.481 e. The number of rotatable bonds is 6. The van der Waals surface area contributed by atoms with Crippen LogP contribution in [0.25, 0.3) is 0 Å². The molecule has 1 aromatic rings. The van der Waals surface area contributed by atoms with Crippen LogP contribution < -0.4 is 10.1 Å². The van der Waals surface area contributed by atoms with Gasteiger partial charge < -0.3 is 15.0 Å². The lowest BCUT2D eigenvalue weighted by Crippen LogP contribution is -2.39. The number of carbonyl (C=O) groups excluding carboxylic acids is 1. The summed E-state index contributed by atoms with van der Waals surface area (Å²) in [5.74, 6) is 0.515. The zero-order valence-electron chi connectivity index (χ0n) is 10.9. The maximum absolute atomic E-state index is 11.7. The fraction of sp³-hybridized carbons (Fsp3) is 0.462. The van der Waals surface area contributed by atoms with E-state index in [1.54, 1.807) is 31.2 Å². The second-order valence-electron chi connectivity index (χ2n) is 4.31. The van der Waals surface area contributed by atoms with Crippen molar-refractivity contribution in [3.63, 3.8) is 0 Å². The largest absolute Gasteiger partial charge is 0.481 e. The Morgan fingerprint density at radius 3 is 2.56 bits per heavy atom. The summed E-state index contributed by atoms with van der Waals surface area (Å²) in [6.45, 7) is 3.14. The predicted octanol–water partition coefficient (Wildman–Crippen LogP) is 1.79. The van der Waals surface area contributed by atoms with Crippen molar-refractivity contribution in [2.75, 3.05) is 27.2 Å². The smallest absolute Gasteiger partial charge is 0.260 e. The van der Waals surface area contributed by atoms with Crippen LogP contribution >= 0.6 is 11.6 Å². The van der Waals surface area contributed by atoms with Gasteiger partial charge in [-0.2, -0.15) is 0 Å². The van der Waals surface area contributed by atoms with Crippen molar-refractivity contribution >= 4 is 17.5 Å². The molecule has 0 unspecified atom stereocenters. The lowest BCUT2D eigenvalue weighted by molar-refractivity contribution is -0.127. The molecular formula is C13H19ClN2O2. The second kappa shape index (κ2) is 7.24. The number of hydrogen-bond donors (Lipinski definition) is 1. The van der Waals surface area contributed by atoms with Crippen molar-refractivity contribution in [1.82, 2.24) is 10.2 Å². The molecule has 0 saturated heterocycles. The Balaban J connectivity index is 2.37. The fourth-order valence-electron chi connectivity index (χ4n) is 1.32. The van der Waals surface area contributed by atoms with Gasteiger partial charge in [0.05, 0.1) is 0 Å². The van der Waals surface area contributed by atoms with E-state index in [1.807, 2.05) is 19.0 Å². The molecule has 100 valence electrons. The molecule has 0 heterocycles. The van der Waals surface area contributed by atoms with Crippen LogP contribution in [0.3, 0.4) is 0 Å². The summed E-state index contributed by atoms with van der Waals surface area (Å²) in [4.78, 5) is 13.7. The van der Waals surface area contributed by atoms with Crippen molar-refractivity contribution < 1.29 is 9.53 Å². The van der Waals surface area contributed by atoms with Gasteiger partial charge in [-0.05, 0) is 45.3 Å². The van der Waals surface area contributed by atoms with E-state index in [4.69, 9.17) is 16.3 Å². The number of nitrogens with one attached hydrogen (secondary N) is 1. The molecule has 0 aromatic heterocycles. The zero-order valence-corrected chi connectivity index (χ0v) is 11.7. The van der Waals surface area contributed by atoms with Gasteiger partial charge in [0.25, 0.3) is 5.91 Å². The number of likely N-dealkylation sites (N-methyl/N-ethyl adjacent to an activating group) is 1. The molecular weight excluding hydrogens is 252 g/mol. The Labute approximate surface area is 113 Å². The standard InChI is InChI=1S/C13H19ClN2O2/c1-10(13(17)15-8-9-16(2)3)18-12-6-4-11(14)5-7-12/h4-7,10H,8-9H2,1-3H3,(H,15,17)/t10-/m1/s1. The number of carbonyl (C=O) groups is 1. The van der Waals surface area contributed by atoms with Crippen LogP contribution in [0, 0.1) is 0 Å². The molecule has 4 nitrogen and oxygen atoms in total. The van der Waals surface area contributed by atoms with Gasteiger partial charge in [-0.1, -0.05) is 11.6 Å². The monoisotopic (exact) mass is 270 g/mol. The molecule has 0 aliphatic rings. The van der Waals surface area contributed by atoms with E-state index in [0.717, 1.165) is 6.54 Å². The molecule has 0 bridgehead atoms. The molecule has 18 heavy (non-hydrogen) atoms. The first-order chi connectivity index (χ1) is 8.49. The molecule has 5 heteroatoms. The minimum absolute atomic E-state index is 0.119. The van der Waals surface area contributed by atoms with Gasteiger partial charge in [-0.15, -0.1) is 0 Å². The summed E-state index contributed by atoms with van der Waals surface area (Å²) < 4.78 is 5.50. The third-order valence-corrected chi connectivity index (χ3v) is 2.61. The van der Waals surface area contributed by atoms with Crippen LogP contribution in [0.5, 0.6) is 5.75 Å². The first-order valence-electron chi connectivity index (χ1n) is 5.83. The van der Waals surface area contributed by atoms with Gasteiger partial charge in [-0.3, -0.25) is 4.79 Å². The molecule has 0 saturated carbocycles. The van der Waals surface area contributed by atoms with Crippen LogP contribution in [0.2, 0.25) is 5.02 Å². The van der Waals surface area contributed by atoms with Gasteiger partial charge in [0.15, 0.2) is 6.10 Å². The Kier molecular flexibility index (Phi) is 5.95. The molecule has 0 fully saturated rings. The summed E-state index contributed by atoms with van der Waals surface area (Å²) in [6.07, 6.45) is -0.520. The molecule has 1 amide bonds. The van der Waals surface area contributed by atoms with Crippen molar-refractivity contribution in [2.45, 2.75) is 13.0 Å². The highest BCUT2D eigenvalue weighted by atomic mass is 35.5. The number of nitrogens with zero attached hydrogens (tertiary/aromatic N) is 1. The molecule has 1 aromatic carbocycles. The van der Waals surface area contributed by atoms with Crippen molar-refractivity contribution in [3.05, 3.63) is 29.3 Å². The van der Waals surface area contributed by atoms with Crippen LogP contribution in [0.1, 0.15) is 6.92 Å². The average Bonchev–Trinajstić information content (AvgIpc) is 2.31. The van der Waals surface area contributed by atoms with E-state index in [9.17, 15) is 4.79 Å². The van der Waals surface area contributed by atoms with Crippen molar-refractivity contribution in [1.29, 1.82) is 0 Å². The van der Waals surface area contributed by atoms with E-state index in [0.29, 0.717) is 17.3 Å². The molecule has 0 aliphatic heterocycles. The van der Waals surface area contributed by atoms with Crippen LogP contribution in [-0.2, 0) is 4.79 Å². The maximum atomic E-state index is 11.7. The van der Waals surface area contributed by atoms with Gasteiger partial charge in [0.2, 0.25) is 0 Å². The van der Waals surface area contributed by atoms with Gasteiger partial charge in [0, 0.05) is 18.1 Å². The molecule has 1 rings (SSSR count). The van der Waals surface area contributed by atoms with E-state index in [2.05, 4.69) is 5.32 Å². The molecule has 0 radical (unpaired) electrons. The lowest BCUT2D eigenvalue weighted by Gasteiger charge is -2.16. The van der Waals surface area contributed by atoms with E-state index >= 15 is 0 Å². The van der Waals surface area contributed by atoms with Crippen molar-refractivity contribution in [3.8, 4) is 5.75 Å². The molecule has 1 N–H and O–H groups in total. The zero-order chi connectivity index (χ0) is 13.5. The average molecular weight is 271 g/mol. The minimum atomic E-state index is -0.520. The summed E-state index contributed by atoms with van der Waals surface area (Å²) >= 11 is 5.77. The number of benzene rings is 1. The first-order valence-corrected chi connectivity index (χ1v) is 6.21. The highest BCUT2D eigenvalue weighted by Gasteiger charge is 2.13. The third kappa shape index (κ3) is 5.38. The second-order valence-corrected chi connectivity index (χ2v) is 4.74. The Morgan fingerprint density at radius 2 is 2.00 bits per heavy atom. The Bertz CT molecular complexity index is 379. The normalized spacial score (nSPS) is 12.3.